The molecule has 1 aliphatic rings. The average molecular weight is 292 g/mol. The molecule has 1 aliphatic carbocycles. The molecule has 0 saturated heterocycles. The van der Waals surface area contributed by atoms with Gasteiger partial charge >= 0.3 is 5.97 Å². The largest absolute Gasteiger partial charge is 0.467 e. The van der Waals surface area contributed by atoms with Crippen molar-refractivity contribution in [1.29, 1.82) is 0 Å². The summed E-state index contributed by atoms with van der Waals surface area (Å²) in [5, 5.41) is 6.65. The van der Waals surface area contributed by atoms with Crippen LogP contribution < -0.4 is 5.32 Å². The Kier molecular flexibility index (Phi) is 4.77. The van der Waals surface area contributed by atoms with Crippen LogP contribution in [0, 0.1) is 5.82 Å². The molecule has 1 N–H and O–H groups in total. The van der Waals surface area contributed by atoms with Gasteiger partial charge in [0, 0.05) is 11.5 Å². The molecular weight excluding hydrogens is 275 g/mol. The fraction of sp³-hybridized carbons (Fsp3) is 0.500. The highest BCUT2D eigenvalue weighted by Crippen LogP contribution is 2.38. The smallest absolute Gasteiger partial charge is 0.330 e. The first-order valence-electron chi connectivity index (χ1n) is 6.77. The number of ether oxygens (including phenoxy) is 1. The number of azide groups is 1. The van der Waals surface area contributed by atoms with Crippen LogP contribution in [0.4, 0.5) is 4.39 Å². The zero-order chi connectivity index (χ0) is 15.3. The van der Waals surface area contributed by atoms with Crippen molar-refractivity contribution < 1.29 is 13.9 Å². The van der Waals surface area contributed by atoms with Gasteiger partial charge in [-0.2, -0.15) is 0 Å². The van der Waals surface area contributed by atoms with E-state index in [0.29, 0.717) is 32.4 Å². The first-order valence-corrected chi connectivity index (χ1v) is 6.77. The number of methoxy groups -OCH3 is 1. The summed E-state index contributed by atoms with van der Waals surface area (Å²) in [6, 6.07) is 4.44. The van der Waals surface area contributed by atoms with Crippen molar-refractivity contribution in [3.63, 3.8) is 0 Å². The van der Waals surface area contributed by atoms with E-state index < -0.39 is 5.54 Å². The summed E-state index contributed by atoms with van der Waals surface area (Å²) < 4.78 is 18.2. The molecule has 0 fully saturated rings. The van der Waals surface area contributed by atoms with E-state index in [0.717, 1.165) is 11.1 Å². The number of carbonyl (C=O) groups excluding carboxylic acids is 1. The highest BCUT2D eigenvalue weighted by atomic mass is 19.1. The van der Waals surface area contributed by atoms with E-state index in [1.54, 1.807) is 6.07 Å². The molecule has 21 heavy (non-hydrogen) atoms. The Labute approximate surface area is 121 Å². The number of rotatable bonds is 6. The number of hydrogen-bond donors (Lipinski definition) is 1. The number of benzene rings is 1. The summed E-state index contributed by atoms with van der Waals surface area (Å²) in [5.74, 6) is -0.686. The van der Waals surface area contributed by atoms with Crippen molar-refractivity contribution >= 4 is 5.97 Å². The molecule has 2 rings (SSSR count). The number of nitrogens with one attached hydrogen (secondary N) is 1. The van der Waals surface area contributed by atoms with Crippen molar-refractivity contribution in [2.75, 3.05) is 20.2 Å². The van der Waals surface area contributed by atoms with Crippen molar-refractivity contribution in [2.24, 2.45) is 5.11 Å². The van der Waals surface area contributed by atoms with E-state index in [1.165, 1.54) is 19.2 Å². The van der Waals surface area contributed by atoms with Crippen LogP contribution in [0.3, 0.4) is 0 Å². The number of fused-ring (bicyclic) bond motifs is 1. The Balaban J connectivity index is 2.21. The molecule has 0 amide bonds. The van der Waals surface area contributed by atoms with Gasteiger partial charge in [-0.3, -0.25) is 5.32 Å². The summed E-state index contributed by atoms with van der Waals surface area (Å²) in [6.45, 7) is 0.863. The molecule has 0 radical (unpaired) electrons. The van der Waals surface area contributed by atoms with Crippen LogP contribution in [0.1, 0.15) is 24.0 Å². The maximum Gasteiger partial charge on any atom is 0.330 e. The Morgan fingerprint density at radius 2 is 2.43 bits per heavy atom. The maximum absolute atomic E-state index is 13.3. The lowest BCUT2D eigenvalue weighted by molar-refractivity contribution is -0.149. The second kappa shape index (κ2) is 6.56. The van der Waals surface area contributed by atoms with Crippen LogP contribution in [0.25, 0.3) is 10.4 Å². The van der Waals surface area contributed by atoms with Crippen molar-refractivity contribution in [2.45, 2.75) is 24.8 Å². The van der Waals surface area contributed by atoms with E-state index in [2.05, 4.69) is 15.3 Å². The monoisotopic (exact) mass is 292 g/mol. The van der Waals surface area contributed by atoms with Gasteiger partial charge in [-0.15, -0.1) is 0 Å². The standard InChI is InChI=1S/C14H17FN4O2/c1-21-13(20)14(17-7-2-8-18-19-16)6-5-10-9-11(15)3-4-12(10)14/h3-4,9,17H,2,5-8H2,1H3. The topological polar surface area (TPSA) is 87.1 Å². The lowest BCUT2D eigenvalue weighted by Gasteiger charge is -2.28. The van der Waals surface area contributed by atoms with Crippen LogP contribution in [-0.2, 0) is 21.5 Å². The number of nitrogens with zero attached hydrogens (tertiary/aromatic N) is 3. The highest BCUT2D eigenvalue weighted by Gasteiger charge is 2.46. The lowest BCUT2D eigenvalue weighted by Crippen LogP contribution is -2.48. The van der Waals surface area contributed by atoms with Crippen LogP contribution in [-0.4, -0.2) is 26.2 Å². The fourth-order valence-electron chi connectivity index (χ4n) is 2.78. The molecule has 1 atom stereocenters. The van der Waals surface area contributed by atoms with Crippen LogP contribution in [0.2, 0.25) is 0 Å². The lowest BCUT2D eigenvalue weighted by atomic mass is 9.91. The summed E-state index contributed by atoms with van der Waals surface area (Å²) in [5.41, 5.74) is 8.89. The zero-order valence-electron chi connectivity index (χ0n) is 11.8. The minimum Gasteiger partial charge on any atom is -0.467 e. The van der Waals surface area contributed by atoms with Gasteiger partial charge in [0.1, 0.15) is 11.4 Å². The van der Waals surface area contributed by atoms with Gasteiger partial charge in [-0.1, -0.05) is 11.2 Å². The molecule has 1 aromatic rings. The molecule has 6 nitrogen and oxygen atoms in total. The first kappa shape index (κ1) is 15.3. The minimum absolute atomic E-state index is 0.308. The first-order chi connectivity index (χ1) is 10.1. The third-order valence-electron chi connectivity index (χ3n) is 3.76. The molecule has 1 aromatic carbocycles. The van der Waals surface area contributed by atoms with Gasteiger partial charge < -0.3 is 4.74 Å². The number of hydrogen-bond acceptors (Lipinski definition) is 4. The van der Waals surface area contributed by atoms with Crippen molar-refractivity contribution in [1.82, 2.24) is 5.32 Å². The molecule has 0 spiro atoms. The fourth-order valence-corrected chi connectivity index (χ4v) is 2.78. The Hall–Kier alpha value is -2.11. The van der Waals surface area contributed by atoms with Crippen molar-refractivity contribution in [3.8, 4) is 0 Å². The van der Waals surface area contributed by atoms with E-state index in [-0.39, 0.29) is 11.8 Å². The van der Waals surface area contributed by atoms with Gasteiger partial charge in [-0.25, -0.2) is 9.18 Å². The average Bonchev–Trinajstić information content (AvgIpc) is 2.85. The SMILES string of the molecule is COC(=O)C1(NCCCN=[N+]=[N-])CCc2cc(F)ccc21. The van der Waals surface area contributed by atoms with Crippen molar-refractivity contribution in [3.05, 3.63) is 45.6 Å². The summed E-state index contributed by atoms with van der Waals surface area (Å²) in [4.78, 5) is 14.9. The molecular formula is C14H17FN4O2. The molecule has 0 saturated carbocycles. The van der Waals surface area contributed by atoms with E-state index >= 15 is 0 Å². The zero-order valence-corrected chi connectivity index (χ0v) is 11.8. The third-order valence-corrected chi connectivity index (χ3v) is 3.76. The number of aryl methyl sites for hydroxylation is 1. The predicted molar refractivity (Wildman–Crippen MR) is 75.0 cm³/mol. The summed E-state index contributed by atoms with van der Waals surface area (Å²) in [7, 11) is 1.34. The molecule has 0 aromatic heterocycles. The maximum atomic E-state index is 13.3. The van der Waals surface area contributed by atoms with E-state index in [4.69, 9.17) is 10.3 Å². The van der Waals surface area contributed by atoms with Crippen LogP contribution in [0.15, 0.2) is 23.3 Å². The second-order valence-electron chi connectivity index (χ2n) is 4.93. The van der Waals surface area contributed by atoms with E-state index in [1.807, 2.05) is 0 Å². The molecule has 0 aliphatic heterocycles. The van der Waals surface area contributed by atoms with Gasteiger partial charge in [-0.05, 0) is 54.6 Å². The van der Waals surface area contributed by atoms with Gasteiger partial charge in [0.2, 0.25) is 0 Å². The number of halogens is 1. The molecule has 112 valence electrons. The summed E-state index contributed by atoms with van der Waals surface area (Å²) >= 11 is 0. The highest BCUT2D eigenvalue weighted by molar-refractivity contribution is 5.84. The normalized spacial score (nSPS) is 19.7. The number of carbonyl (C=O) groups is 1. The van der Waals surface area contributed by atoms with Gasteiger partial charge in [0.25, 0.3) is 0 Å². The molecule has 1 unspecified atom stereocenters. The van der Waals surface area contributed by atoms with Gasteiger partial charge in [0.05, 0.1) is 7.11 Å². The Bertz CT molecular complexity index is 586. The van der Waals surface area contributed by atoms with Crippen LogP contribution >= 0.6 is 0 Å². The molecule has 7 heteroatoms. The number of esters is 1. The molecule has 0 bridgehead atoms. The van der Waals surface area contributed by atoms with E-state index in [9.17, 15) is 9.18 Å². The molecule has 0 heterocycles. The van der Waals surface area contributed by atoms with Crippen LogP contribution in [0.5, 0.6) is 0 Å². The second-order valence-corrected chi connectivity index (χ2v) is 4.93. The summed E-state index contributed by atoms with van der Waals surface area (Å²) in [6.07, 6.45) is 1.75. The quantitative estimate of drug-likeness (QED) is 0.287. The van der Waals surface area contributed by atoms with Gasteiger partial charge in [0.15, 0.2) is 0 Å². The Morgan fingerprint density at radius 3 is 3.14 bits per heavy atom. The Morgan fingerprint density at radius 1 is 1.62 bits per heavy atom. The predicted octanol–water partition coefficient (Wildman–Crippen LogP) is 2.43. The third kappa shape index (κ3) is 2.99. The minimum atomic E-state index is -0.936.